The minimum absolute atomic E-state index is 0.105. The highest BCUT2D eigenvalue weighted by atomic mass is 32.1. The SMILES string of the molecule is CCOc1ccc(N=c2scc(-c3ccc(F)cc3)n2CCCO)cc1. The summed E-state index contributed by atoms with van der Waals surface area (Å²) in [6.07, 6.45) is 0.626. The van der Waals surface area contributed by atoms with Gasteiger partial charge in [0.15, 0.2) is 4.80 Å². The van der Waals surface area contributed by atoms with Crippen LogP contribution in [0, 0.1) is 5.82 Å². The molecule has 1 aromatic heterocycles. The Labute approximate surface area is 155 Å². The monoisotopic (exact) mass is 372 g/mol. The highest BCUT2D eigenvalue weighted by Crippen LogP contribution is 2.22. The number of nitrogens with zero attached hydrogens (tertiary/aromatic N) is 2. The molecule has 0 fully saturated rings. The first-order valence-corrected chi connectivity index (χ1v) is 9.42. The van der Waals surface area contributed by atoms with Gasteiger partial charge in [0.2, 0.25) is 0 Å². The summed E-state index contributed by atoms with van der Waals surface area (Å²) in [5, 5.41) is 11.2. The van der Waals surface area contributed by atoms with Gasteiger partial charge in [-0.2, -0.15) is 0 Å². The van der Waals surface area contributed by atoms with E-state index in [4.69, 9.17) is 9.73 Å². The molecule has 0 saturated heterocycles. The highest BCUT2D eigenvalue weighted by Gasteiger charge is 2.08. The third-order valence-electron chi connectivity index (χ3n) is 3.85. The van der Waals surface area contributed by atoms with Crippen LogP contribution < -0.4 is 9.54 Å². The van der Waals surface area contributed by atoms with E-state index in [0.717, 1.165) is 27.5 Å². The third kappa shape index (κ3) is 4.39. The number of aliphatic hydroxyl groups excluding tert-OH is 1. The molecule has 0 spiro atoms. The van der Waals surface area contributed by atoms with Crippen molar-refractivity contribution in [1.82, 2.24) is 4.57 Å². The van der Waals surface area contributed by atoms with Crippen LogP contribution in [0.2, 0.25) is 0 Å². The van der Waals surface area contributed by atoms with Crippen LogP contribution in [0.3, 0.4) is 0 Å². The van der Waals surface area contributed by atoms with Gasteiger partial charge in [-0.1, -0.05) is 0 Å². The molecule has 0 bridgehead atoms. The molecule has 136 valence electrons. The molecule has 0 radical (unpaired) electrons. The summed E-state index contributed by atoms with van der Waals surface area (Å²) in [5.41, 5.74) is 2.72. The first kappa shape index (κ1) is 18.4. The van der Waals surface area contributed by atoms with Gasteiger partial charge in [-0.05, 0) is 67.4 Å². The molecule has 1 heterocycles. The molecule has 4 nitrogen and oxygen atoms in total. The topological polar surface area (TPSA) is 46.8 Å². The highest BCUT2D eigenvalue weighted by molar-refractivity contribution is 7.07. The average Bonchev–Trinajstić information content (AvgIpc) is 3.05. The Morgan fingerprint density at radius 1 is 1.12 bits per heavy atom. The van der Waals surface area contributed by atoms with E-state index in [1.54, 1.807) is 12.1 Å². The first-order chi connectivity index (χ1) is 12.7. The lowest BCUT2D eigenvalue weighted by Gasteiger charge is -2.08. The molecule has 0 atom stereocenters. The molecular formula is C20H21FN2O2S. The van der Waals surface area contributed by atoms with E-state index < -0.39 is 0 Å². The molecule has 0 saturated carbocycles. The second-order valence-electron chi connectivity index (χ2n) is 5.68. The van der Waals surface area contributed by atoms with Crippen molar-refractivity contribution in [2.45, 2.75) is 19.9 Å². The Bertz CT molecular complexity index is 899. The van der Waals surface area contributed by atoms with Gasteiger partial charge in [0.05, 0.1) is 18.0 Å². The van der Waals surface area contributed by atoms with Crippen LogP contribution in [0.4, 0.5) is 10.1 Å². The Hall–Kier alpha value is -2.44. The lowest BCUT2D eigenvalue weighted by molar-refractivity contribution is 0.279. The van der Waals surface area contributed by atoms with Crippen LogP contribution >= 0.6 is 11.3 Å². The normalized spacial score (nSPS) is 11.7. The largest absolute Gasteiger partial charge is 0.494 e. The van der Waals surface area contributed by atoms with Gasteiger partial charge >= 0.3 is 0 Å². The van der Waals surface area contributed by atoms with E-state index >= 15 is 0 Å². The maximum Gasteiger partial charge on any atom is 0.190 e. The quantitative estimate of drug-likeness (QED) is 0.669. The van der Waals surface area contributed by atoms with Crippen LogP contribution in [0.5, 0.6) is 5.75 Å². The minimum Gasteiger partial charge on any atom is -0.494 e. The molecular weight excluding hydrogens is 351 g/mol. The van der Waals surface area contributed by atoms with Gasteiger partial charge in [0, 0.05) is 18.5 Å². The van der Waals surface area contributed by atoms with Gasteiger partial charge in [0.25, 0.3) is 0 Å². The van der Waals surface area contributed by atoms with Gasteiger partial charge in [-0.3, -0.25) is 0 Å². The molecule has 6 heteroatoms. The lowest BCUT2D eigenvalue weighted by atomic mass is 10.1. The molecule has 0 unspecified atom stereocenters. The first-order valence-electron chi connectivity index (χ1n) is 8.54. The molecule has 3 aromatic rings. The molecule has 1 N–H and O–H groups in total. The number of hydrogen-bond acceptors (Lipinski definition) is 4. The zero-order valence-electron chi connectivity index (χ0n) is 14.6. The number of halogens is 1. The van der Waals surface area contributed by atoms with Crippen molar-refractivity contribution < 1.29 is 14.2 Å². The fourth-order valence-electron chi connectivity index (χ4n) is 2.61. The van der Waals surface area contributed by atoms with Crippen molar-refractivity contribution >= 4 is 17.0 Å². The van der Waals surface area contributed by atoms with Crippen LogP contribution in [-0.4, -0.2) is 22.9 Å². The van der Waals surface area contributed by atoms with Crippen molar-refractivity contribution in [2.24, 2.45) is 4.99 Å². The van der Waals surface area contributed by atoms with E-state index in [-0.39, 0.29) is 12.4 Å². The summed E-state index contributed by atoms with van der Waals surface area (Å²) in [5.74, 6) is 0.558. The smallest absolute Gasteiger partial charge is 0.190 e. The van der Waals surface area contributed by atoms with E-state index in [1.165, 1.54) is 23.5 Å². The van der Waals surface area contributed by atoms with Gasteiger partial charge in [-0.15, -0.1) is 11.3 Å². The number of ether oxygens (including phenoxy) is 1. The summed E-state index contributed by atoms with van der Waals surface area (Å²) in [6.45, 7) is 3.32. The van der Waals surface area contributed by atoms with Gasteiger partial charge in [-0.25, -0.2) is 9.38 Å². The maximum atomic E-state index is 13.2. The van der Waals surface area contributed by atoms with Crippen LogP contribution in [-0.2, 0) is 6.54 Å². The van der Waals surface area contributed by atoms with Crippen molar-refractivity contribution in [3.8, 4) is 17.0 Å². The molecule has 0 aliphatic rings. The standard InChI is InChI=1S/C20H21FN2O2S/c1-2-25-18-10-8-17(9-11-18)22-20-23(12-3-13-24)19(14-26-20)15-4-6-16(21)7-5-15/h4-11,14,24H,2-3,12-13H2,1H3. The Morgan fingerprint density at radius 2 is 1.85 bits per heavy atom. The molecule has 0 aliphatic carbocycles. The number of thiazole rings is 1. The minimum atomic E-state index is -0.259. The van der Waals surface area contributed by atoms with Crippen molar-refractivity contribution in [1.29, 1.82) is 0 Å². The number of aliphatic hydroxyl groups is 1. The summed E-state index contributed by atoms with van der Waals surface area (Å²) in [6, 6.07) is 14.0. The molecule has 2 aromatic carbocycles. The molecule has 3 rings (SSSR count). The van der Waals surface area contributed by atoms with Crippen molar-refractivity contribution in [2.75, 3.05) is 13.2 Å². The fraction of sp³-hybridized carbons (Fsp3) is 0.250. The second-order valence-corrected chi connectivity index (χ2v) is 6.51. The van der Waals surface area contributed by atoms with Crippen molar-refractivity contribution in [3.05, 3.63) is 64.5 Å². The van der Waals surface area contributed by atoms with Crippen LogP contribution in [0.1, 0.15) is 13.3 Å². The Kier molecular flexibility index (Phi) is 6.20. The number of hydrogen-bond donors (Lipinski definition) is 1. The van der Waals surface area contributed by atoms with Crippen molar-refractivity contribution in [3.63, 3.8) is 0 Å². The predicted octanol–water partition coefficient (Wildman–Crippen LogP) is 4.37. The van der Waals surface area contributed by atoms with E-state index in [0.29, 0.717) is 19.6 Å². The summed E-state index contributed by atoms with van der Waals surface area (Å²) >= 11 is 1.52. The number of benzene rings is 2. The number of aromatic nitrogens is 1. The Balaban J connectivity index is 1.99. The average molecular weight is 372 g/mol. The summed E-state index contributed by atoms with van der Waals surface area (Å²) in [4.78, 5) is 5.56. The summed E-state index contributed by atoms with van der Waals surface area (Å²) < 4.78 is 20.7. The van der Waals surface area contributed by atoms with Gasteiger partial charge in [0.1, 0.15) is 11.6 Å². The molecule has 26 heavy (non-hydrogen) atoms. The molecule has 0 amide bonds. The fourth-order valence-corrected chi connectivity index (χ4v) is 3.56. The van der Waals surface area contributed by atoms with Gasteiger partial charge < -0.3 is 14.4 Å². The van der Waals surface area contributed by atoms with E-state index in [2.05, 4.69) is 4.57 Å². The summed E-state index contributed by atoms with van der Waals surface area (Å²) in [7, 11) is 0. The van der Waals surface area contributed by atoms with E-state index in [9.17, 15) is 9.50 Å². The van der Waals surface area contributed by atoms with E-state index in [1.807, 2.05) is 36.6 Å². The molecule has 0 aliphatic heterocycles. The zero-order chi connectivity index (χ0) is 18.4. The second kappa shape index (κ2) is 8.78. The maximum absolute atomic E-state index is 13.2. The zero-order valence-corrected chi connectivity index (χ0v) is 15.4. The predicted molar refractivity (Wildman–Crippen MR) is 102 cm³/mol. The lowest BCUT2D eigenvalue weighted by Crippen LogP contribution is -2.16. The van der Waals surface area contributed by atoms with Crippen LogP contribution in [0.25, 0.3) is 11.3 Å². The Morgan fingerprint density at radius 3 is 2.50 bits per heavy atom. The number of rotatable bonds is 7. The van der Waals surface area contributed by atoms with Crippen LogP contribution in [0.15, 0.2) is 58.9 Å². The third-order valence-corrected chi connectivity index (χ3v) is 4.71.